The van der Waals surface area contributed by atoms with Crippen molar-refractivity contribution >= 4 is 9.84 Å². The van der Waals surface area contributed by atoms with Gasteiger partial charge in [0.1, 0.15) is 0 Å². The highest BCUT2D eigenvalue weighted by Gasteiger charge is 2.33. The first-order valence-electron chi connectivity index (χ1n) is 5.53. The van der Waals surface area contributed by atoms with Crippen LogP contribution in [0.2, 0.25) is 0 Å². The normalized spacial score (nSPS) is 30.7. The van der Waals surface area contributed by atoms with Crippen molar-refractivity contribution in [3.8, 4) is 0 Å². The van der Waals surface area contributed by atoms with Crippen LogP contribution in [0.1, 0.15) is 19.3 Å². The Morgan fingerprint density at radius 1 is 1.40 bits per heavy atom. The lowest BCUT2D eigenvalue weighted by molar-refractivity contribution is 0.206. The van der Waals surface area contributed by atoms with Crippen molar-refractivity contribution in [3.63, 3.8) is 0 Å². The van der Waals surface area contributed by atoms with Crippen molar-refractivity contribution in [1.82, 2.24) is 4.90 Å². The average Bonchev–Trinajstić information content (AvgIpc) is 2.15. The van der Waals surface area contributed by atoms with Crippen LogP contribution in [0.4, 0.5) is 0 Å². The van der Waals surface area contributed by atoms with Crippen molar-refractivity contribution in [2.75, 3.05) is 32.1 Å². The molecule has 0 aromatic carbocycles. The van der Waals surface area contributed by atoms with Crippen LogP contribution in [-0.4, -0.2) is 51.5 Å². The third-order valence-corrected chi connectivity index (χ3v) is 4.92. The Morgan fingerprint density at radius 3 is 2.60 bits per heavy atom. The minimum Gasteiger partial charge on any atom is -0.330 e. The molecular formula is C10H22N2O2S. The second-order valence-corrected chi connectivity index (χ2v) is 6.85. The van der Waals surface area contributed by atoms with E-state index < -0.39 is 9.84 Å². The standard InChI is InChI=1S/C10H22N2O2S/c1-12(2)10-8-15(13,14)7-5-9(10)4-3-6-11/h9-10H,3-8,11H2,1-2H3. The molecule has 0 spiro atoms. The molecule has 2 atom stereocenters. The second kappa shape index (κ2) is 5.27. The van der Waals surface area contributed by atoms with Crippen LogP contribution < -0.4 is 5.73 Å². The minimum atomic E-state index is -2.81. The Morgan fingerprint density at radius 2 is 2.07 bits per heavy atom. The average molecular weight is 234 g/mol. The van der Waals surface area contributed by atoms with Gasteiger partial charge in [-0.2, -0.15) is 0 Å². The van der Waals surface area contributed by atoms with Gasteiger partial charge >= 0.3 is 0 Å². The van der Waals surface area contributed by atoms with Crippen LogP contribution >= 0.6 is 0 Å². The monoisotopic (exact) mass is 234 g/mol. The Bertz CT molecular complexity index is 288. The summed E-state index contributed by atoms with van der Waals surface area (Å²) >= 11 is 0. The van der Waals surface area contributed by atoms with Gasteiger partial charge in [-0.3, -0.25) is 0 Å². The predicted molar refractivity (Wildman–Crippen MR) is 62.5 cm³/mol. The Labute approximate surface area is 92.7 Å². The van der Waals surface area contributed by atoms with Crippen molar-refractivity contribution in [2.45, 2.75) is 25.3 Å². The first kappa shape index (κ1) is 12.9. The van der Waals surface area contributed by atoms with Crippen LogP contribution in [0.5, 0.6) is 0 Å². The van der Waals surface area contributed by atoms with E-state index in [0.29, 0.717) is 24.0 Å². The lowest BCUT2D eigenvalue weighted by Gasteiger charge is -2.35. The highest BCUT2D eigenvalue weighted by Crippen LogP contribution is 2.26. The highest BCUT2D eigenvalue weighted by molar-refractivity contribution is 7.91. The van der Waals surface area contributed by atoms with Gasteiger partial charge in [0, 0.05) is 6.04 Å². The lowest BCUT2D eigenvalue weighted by atomic mass is 9.92. The van der Waals surface area contributed by atoms with E-state index in [1.807, 2.05) is 19.0 Å². The maximum atomic E-state index is 11.5. The van der Waals surface area contributed by atoms with Crippen LogP contribution in [0, 0.1) is 5.92 Å². The van der Waals surface area contributed by atoms with E-state index in [-0.39, 0.29) is 6.04 Å². The first-order valence-corrected chi connectivity index (χ1v) is 7.35. The molecule has 0 saturated carbocycles. The summed E-state index contributed by atoms with van der Waals surface area (Å²) in [5, 5.41) is 0. The van der Waals surface area contributed by atoms with Crippen molar-refractivity contribution in [2.24, 2.45) is 11.7 Å². The molecule has 0 aromatic heterocycles. The maximum absolute atomic E-state index is 11.5. The minimum absolute atomic E-state index is 0.176. The number of rotatable bonds is 4. The Balaban J connectivity index is 2.63. The summed E-state index contributed by atoms with van der Waals surface area (Å²) in [7, 11) is 1.11. The highest BCUT2D eigenvalue weighted by atomic mass is 32.2. The zero-order valence-electron chi connectivity index (χ0n) is 9.65. The number of sulfone groups is 1. The molecule has 4 nitrogen and oxygen atoms in total. The van der Waals surface area contributed by atoms with E-state index in [2.05, 4.69) is 0 Å². The van der Waals surface area contributed by atoms with Crippen molar-refractivity contribution in [3.05, 3.63) is 0 Å². The Hall–Kier alpha value is -0.130. The van der Waals surface area contributed by atoms with Crippen LogP contribution in [0.3, 0.4) is 0 Å². The first-order chi connectivity index (χ1) is 6.96. The predicted octanol–water partition coefficient (Wildman–Crippen LogP) is 0.0902. The largest absolute Gasteiger partial charge is 0.330 e. The molecule has 2 N–H and O–H groups in total. The van der Waals surface area contributed by atoms with Gasteiger partial charge in [0.05, 0.1) is 11.5 Å². The summed E-state index contributed by atoms with van der Waals surface area (Å²) in [6, 6.07) is 0.176. The smallest absolute Gasteiger partial charge is 0.151 e. The SMILES string of the molecule is CN(C)C1CS(=O)(=O)CCC1CCCN. The summed E-state index contributed by atoms with van der Waals surface area (Å²) in [4.78, 5) is 2.04. The quantitative estimate of drug-likeness (QED) is 0.749. The fourth-order valence-corrected chi connectivity index (χ4v) is 4.21. The summed E-state index contributed by atoms with van der Waals surface area (Å²) in [6.45, 7) is 0.698. The zero-order chi connectivity index (χ0) is 11.5. The molecule has 1 heterocycles. The topological polar surface area (TPSA) is 63.4 Å². The molecule has 15 heavy (non-hydrogen) atoms. The molecule has 0 bridgehead atoms. The van der Waals surface area contributed by atoms with E-state index in [1.54, 1.807) is 0 Å². The van der Waals surface area contributed by atoms with Gasteiger partial charge in [-0.05, 0) is 45.8 Å². The molecular weight excluding hydrogens is 212 g/mol. The molecule has 1 rings (SSSR count). The molecule has 0 aromatic rings. The van der Waals surface area contributed by atoms with Gasteiger partial charge in [0.25, 0.3) is 0 Å². The van der Waals surface area contributed by atoms with Gasteiger partial charge in [-0.1, -0.05) is 0 Å². The van der Waals surface area contributed by atoms with Crippen molar-refractivity contribution < 1.29 is 8.42 Å². The lowest BCUT2D eigenvalue weighted by Crippen LogP contribution is -2.45. The summed E-state index contributed by atoms with van der Waals surface area (Å²) < 4.78 is 23.1. The molecule has 0 radical (unpaired) electrons. The third kappa shape index (κ3) is 3.74. The summed E-state index contributed by atoms with van der Waals surface area (Å²) in [5.74, 6) is 1.16. The number of hydrogen-bond donors (Lipinski definition) is 1. The molecule has 1 aliphatic heterocycles. The van der Waals surface area contributed by atoms with Gasteiger partial charge in [0.15, 0.2) is 9.84 Å². The molecule has 1 saturated heterocycles. The van der Waals surface area contributed by atoms with E-state index in [1.165, 1.54) is 0 Å². The summed E-state index contributed by atoms with van der Waals surface area (Å²) in [5.41, 5.74) is 5.49. The fourth-order valence-electron chi connectivity index (χ4n) is 2.29. The summed E-state index contributed by atoms with van der Waals surface area (Å²) in [6.07, 6.45) is 2.84. The van der Waals surface area contributed by atoms with Gasteiger partial charge < -0.3 is 10.6 Å². The zero-order valence-corrected chi connectivity index (χ0v) is 10.5. The Kier molecular flexibility index (Phi) is 4.55. The second-order valence-electron chi connectivity index (χ2n) is 4.62. The molecule has 1 fully saturated rings. The third-order valence-electron chi connectivity index (χ3n) is 3.21. The van der Waals surface area contributed by atoms with Crippen LogP contribution in [0.25, 0.3) is 0 Å². The van der Waals surface area contributed by atoms with Crippen molar-refractivity contribution in [1.29, 1.82) is 0 Å². The van der Waals surface area contributed by atoms with E-state index in [4.69, 9.17) is 5.73 Å². The van der Waals surface area contributed by atoms with E-state index in [9.17, 15) is 8.42 Å². The molecule has 90 valence electrons. The molecule has 5 heteroatoms. The molecule has 1 aliphatic rings. The molecule has 2 unspecified atom stereocenters. The fraction of sp³-hybridized carbons (Fsp3) is 1.00. The molecule has 0 aliphatic carbocycles. The van der Waals surface area contributed by atoms with E-state index >= 15 is 0 Å². The van der Waals surface area contributed by atoms with E-state index in [0.717, 1.165) is 19.3 Å². The number of nitrogens with zero attached hydrogens (tertiary/aromatic N) is 1. The van der Waals surface area contributed by atoms with Crippen LogP contribution in [-0.2, 0) is 9.84 Å². The van der Waals surface area contributed by atoms with Gasteiger partial charge in [0.2, 0.25) is 0 Å². The van der Waals surface area contributed by atoms with Gasteiger partial charge in [-0.25, -0.2) is 8.42 Å². The van der Waals surface area contributed by atoms with Crippen LogP contribution in [0.15, 0.2) is 0 Å². The number of hydrogen-bond acceptors (Lipinski definition) is 4. The maximum Gasteiger partial charge on any atom is 0.151 e. The number of nitrogens with two attached hydrogens (primary N) is 1. The molecule has 0 amide bonds. The van der Waals surface area contributed by atoms with Gasteiger partial charge in [-0.15, -0.1) is 0 Å².